The fourth-order valence-corrected chi connectivity index (χ4v) is 8.68. The van der Waals surface area contributed by atoms with Crippen LogP contribution in [0, 0.1) is 0 Å². The Morgan fingerprint density at radius 3 is 2.00 bits per heavy atom. The molecule has 5 rings (SSSR count). The van der Waals surface area contributed by atoms with Gasteiger partial charge in [-0.05, 0) is 72.8 Å². The second-order valence-electron chi connectivity index (χ2n) is 15.8. The van der Waals surface area contributed by atoms with E-state index in [0.717, 1.165) is 54.7 Å². The number of unbranched alkanes of at least 4 members (excludes halogenated alkanes) is 1. The van der Waals surface area contributed by atoms with Crippen molar-refractivity contribution in [1.29, 1.82) is 0 Å². The highest BCUT2D eigenvalue weighted by Crippen LogP contribution is 2.33. The third-order valence-electron chi connectivity index (χ3n) is 10.8. The second kappa shape index (κ2) is 29.9. The number of urea groups is 1. The predicted octanol–water partition coefficient (Wildman–Crippen LogP) is 3.12. The number of hydroxylamine groups is 1. The predicted molar refractivity (Wildman–Crippen MR) is 254 cm³/mol. The van der Waals surface area contributed by atoms with Gasteiger partial charge in [0.1, 0.15) is 0 Å². The Kier molecular flexibility index (Phi) is 23.3. The van der Waals surface area contributed by atoms with Crippen LogP contribution in [0.3, 0.4) is 0 Å². The van der Waals surface area contributed by atoms with Crippen molar-refractivity contribution in [3.8, 4) is 0 Å². The number of benzene rings is 3. The van der Waals surface area contributed by atoms with Crippen LogP contribution in [0.25, 0.3) is 6.08 Å². The number of nitrogens with one attached hydrogen (secondary N) is 7. The van der Waals surface area contributed by atoms with E-state index < -0.39 is 11.8 Å². The SMILES string of the molecule is O=C(/C=C/c1ccc(CNCCc2ccc(C(=O)c3ccc(NC(=O)CNC(=O)CCOCCOCCOCCOCCNC(=O)CCCC[C@@H]4SC[C@@H]5NC(=O)N[C@@H]54)cc3)cc2)cc1)NO. The normalized spacial score (nSPS) is 16.3. The number of hydrogen-bond donors (Lipinski definition) is 8. The molecule has 18 nitrogen and oxygen atoms in total. The lowest BCUT2D eigenvalue weighted by Crippen LogP contribution is -2.36. The Bertz CT molecular complexity index is 2060. The molecule has 362 valence electrons. The van der Waals surface area contributed by atoms with Crippen molar-refractivity contribution in [2.24, 2.45) is 0 Å². The van der Waals surface area contributed by atoms with Crippen LogP contribution in [-0.4, -0.2) is 136 Å². The summed E-state index contributed by atoms with van der Waals surface area (Å²) >= 11 is 1.88. The zero-order chi connectivity index (χ0) is 47.5. The Morgan fingerprint density at radius 1 is 0.687 bits per heavy atom. The highest BCUT2D eigenvalue weighted by Gasteiger charge is 2.42. The molecule has 0 aliphatic carbocycles. The van der Waals surface area contributed by atoms with Crippen molar-refractivity contribution < 1.29 is 52.9 Å². The molecule has 19 heteroatoms. The van der Waals surface area contributed by atoms with Gasteiger partial charge in [0.2, 0.25) is 17.7 Å². The quantitative estimate of drug-likeness (QED) is 0.0112. The molecule has 3 aromatic rings. The lowest BCUT2D eigenvalue weighted by molar-refractivity contribution is -0.125. The number of thioether (sulfide) groups is 1. The van der Waals surface area contributed by atoms with E-state index in [0.29, 0.717) is 87.8 Å². The molecule has 2 heterocycles. The number of anilines is 1. The number of fused-ring (bicyclic) bond motifs is 1. The van der Waals surface area contributed by atoms with Gasteiger partial charge in [-0.3, -0.25) is 29.2 Å². The molecular weight excluding hydrogens is 883 g/mol. The van der Waals surface area contributed by atoms with E-state index in [-0.39, 0.29) is 55.3 Å². The van der Waals surface area contributed by atoms with Crippen LogP contribution >= 0.6 is 11.8 Å². The molecule has 0 radical (unpaired) electrons. The average molecular weight is 946 g/mol. The van der Waals surface area contributed by atoms with Crippen molar-refractivity contribution in [2.45, 2.75) is 62.4 Å². The summed E-state index contributed by atoms with van der Waals surface area (Å²) in [4.78, 5) is 72.4. The fraction of sp³-hybridized carbons (Fsp3) is 0.458. The van der Waals surface area contributed by atoms with E-state index in [1.54, 1.807) is 48.0 Å². The summed E-state index contributed by atoms with van der Waals surface area (Å²) in [5.41, 5.74) is 6.10. The lowest BCUT2D eigenvalue weighted by Gasteiger charge is -2.16. The van der Waals surface area contributed by atoms with E-state index >= 15 is 0 Å². The summed E-state index contributed by atoms with van der Waals surface area (Å²) in [6.07, 6.45) is 6.95. The topological polar surface area (TPSA) is 244 Å². The first-order valence-corrected chi connectivity index (χ1v) is 23.7. The minimum Gasteiger partial charge on any atom is -0.379 e. The molecule has 3 atom stereocenters. The maximum Gasteiger partial charge on any atom is 0.315 e. The average Bonchev–Trinajstić information content (AvgIpc) is 3.90. The molecule has 0 bridgehead atoms. The molecule has 0 aromatic heterocycles. The summed E-state index contributed by atoms with van der Waals surface area (Å²) in [7, 11) is 0. The van der Waals surface area contributed by atoms with Gasteiger partial charge >= 0.3 is 6.03 Å². The van der Waals surface area contributed by atoms with Gasteiger partial charge in [0.25, 0.3) is 5.91 Å². The van der Waals surface area contributed by atoms with Gasteiger partial charge in [-0.2, -0.15) is 11.8 Å². The van der Waals surface area contributed by atoms with E-state index in [4.69, 9.17) is 24.2 Å². The Hall–Kier alpha value is -5.67. The molecule has 67 heavy (non-hydrogen) atoms. The zero-order valence-corrected chi connectivity index (χ0v) is 38.5. The third-order valence-corrected chi connectivity index (χ3v) is 12.3. The van der Waals surface area contributed by atoms with Gasteiger partial charge in [0, 0.05) is 59.8 Å². The van der Waals surface area contributed by atoms with Gasteiger partial charge < -0.3 is 50.8 Å². The number of ether oxygens (including phenoxy) is 4. The van der Waals surface area contributed by atoms with Crippen LogP contribution < -0.4 is 37.4 Å². The Balaban J connectivity index is 0.790. The molecule has 2 saturated heterocycles. The molecule has 2 fully saturated rings. The zero-order valence-electron chi connectivity index (χ0n) is 37.7. The summed E-state index contributed by atoms with van der Waals surface area (Å²) < 4.78 is 21.9. The van der Waals surface area contributed by atoms with Gasteiger partial charge in [-0.25, -0.2) is 10.3 Å². The van der Waals surface area contributed by atoms with Crippen LogP contribution in [-0.2, 0) is 51.1 Å². The van der Waals surface area contributed by atoms with E-state index in [1.165, 1.54) is 6.08 Å². The molecule has 0 spiro atoms. The van der Waals surface area contributed by atoms with Gasteiger partial charge in [-0.1, -0.05) is 55.0 Å². The molecule has 0 saturated carbocycles. The Morgan fingerprint density at radius 2 is 1.31 bits per heavy atom. The first-order chi connectivity index (χ1) is 32.7. The number of carbonyl (C=O) groups excluding carboxylic acids is 6. The van der Waals surface area contributed by atoms with E-state index in [9.17, 15) is 28.8 Å². The van der Waals surface area contributed by atoms with Crippen molar-refractivity contribution in [3.63, 3.8) is 0 Å². The largest absolute Gasteiger partial charge is 0.379 e. The van der Waals surface area contributed by atoms with E-state index in [2.05, 4.69) is 31.9 Å². The molecule has 3 aromatic carbocycles. The van der Waals surface area contributed by atoms with Crippen LogP contribution in [0.5, 0.6) is 0 Å². The van der Waals surface area contributed by atoms with Gasteiger partial charge in [-0.15, -0.1) is 0 Å². The van der Waals surface area contributed by atoms with Crippen LogP contribution in [0.15, 0.2) is 78.9 Å². The maximum absolute atomic E-state index is 13.1. The number of carbonyl (C=O) groups is 6. The second-order valence-corrected chi connectivity index (χ2v) is 17.1. The molecule has 0 unspecified atom stereocenters. The highest BCUT2D eigenvalue weighted by atomic mass is 32.2. The number of hydrogen-bond acceptors (Lipinski definition) is 13. The first kappa shape index (κ1) is 52.3. The number of ketones is 1. The molecule has 8 N–H and O–H groups in total. The summed E-state index contributed by atoms with van der Waals surface area (Å²) in [5.74, 6) is -0.510. The van der Waals surface area contributed by atoms with Gasteiger partial charge in [0.15, 0.2) is 5.78 Å². The number of amides is 6. The smallest absolute Gasteiger partial charge is 0.315 e. The highest BCUT2D eigenvalue weighted by molar-refractivity contribution is 8.00. The van der Waals surface area contributed by atoms with Crippen molar-refractivity contribution >= 4 is 59.0 Å². The molecule has 2 aliphatic rings. The first-order valence-electron chi connectivity index (χ1n) is 22.6. The molecule has 2 aliphatic heterocycles. The monoisotopic (exact) mass is 945 g/mol. The number of rotatable bonds is 32. The lowest BCUT2D eigenvalue weighted by atomic mass is 10.0. The summed E-state index contributed by atoms with van der Waals surface area (Å²) in [6.45, 7) is 4.45. The minimum atomic E-state index is -0.588. The molecule has 6 amide bonds. The van der Waals surface area contributed by atoms with Crippen LogP contribution in [0.2, 0.25) is 0 Å². The summed E-state index contributed by atoms with van der Waals surface area (Å²) in [6, 6.07) is 22.1. The standard InChI is InChI=1S/C48H63N7O11S/c56-42(4-2-1-3-41-46-40(33-67-41)53-48(61)54-46)50-22-24-64-26-28-66-30-29-65-27-25-63-23-20-43(57)51-32-45(59)52-39-16-14-38(15-17-39)47(60)37-12-9-35(10-13-37)19-21-49-31-36-7-5-34(6-8-36)11-18-44(58)55-62/h5-18,40-41,46,49,62H,1-4,19-33H2,(H,50,56)(H,51,57)(H,52,59)(H,55,58)(H2,53,54,61)/b18-11+/t40-,41-,46-/m0/s1. The Labute approximate surface area is 395 Å². The van der Waals surface area contributed by atoms with Crippen molar-refractivity contribution in [3.05, 3.63) is 107 Å². The fourth-order valence-electron chi connectivity index (χ4n) is 7.14. The summed E-state index contributed by atoms with van der Waals surface area (Å²) in [5, 5.41) is 26.5. The minimum absolute atomic E-state index is 0.0124. The van der Waals surface area contributed by atoms with Crippen molar-refractivity contribution in [2.75, 3.05) is 83.6 Å². The van der Waals surface area contributed by atoms with Gasteiger partial charge in [0.05, 0.1) is 71.5 Å². The van der Waals surface area contributed by atoms with E-state index in [1.807, 2.05) is 48.2 Å². The maximum atomic E-state index is 13.1. The van der Waals surface area contributed by atoms with Crippen LogP contribution in [0.1, 0.15) is 64.7 Å². The van der Waals surface area contributed by atoms with Crippen LogP contribution in [0.4, 0.5) is 10.5 Å². The molecular formula is C48H63N7O11S. The van der Waals surface area contributed by atoms with Crippen molar-refractivity contribution in [1.82, 2.24) is 32.1 Å². The third kappa shape index (κ3) is 20.0.